The van der Waals surface area contributed by atoms with Crippen LogP contribution < -0.4 is 15.4 Å². The minimum Gasteiger partial charge on any atom is -0.455 e. The largest absolute Gasteiger partial charge is 0.455 e. The molecule has 1 aliphatic heterocycles. The van der Waals surface area contributed by atoms with Crippen LogP contribution in [-0.4, -0.2) is 17.1 Å². The van der Waals surface area contributed by atoms with Gasteiger partial charge in [-0.2, -0.15) is 0 Å². The number of amides is 2. The maximum absolute atomic E-state index is 12.6. The minimum absolute atomic E-state index is 0.0731. The van der Waals surface area contributed by atoms with Crippen molar-refractivity contribution in [2.24, 2.45) is 0 Å². The molecule has 3 aromatic rings. The topological polar surface area (TPSA) is 67.4 Å². The zero-order valence-corrected chi connectivity index (χ0v) is 16.7. The van der Waals surface area contributed by atoms with Gasteiger partial charge in [0.05, 0.1) is 16.6 Å². The Morgan fingerprint density at radius 3 is 2.59 bits per heavy atom. The van der Waals surface area contributed by atoms with Gasteiger partial charge in [0.1, 0.15) is 5.75 Å². The van der Waals surface area contributed by atoms with Gasteiger partial charge < -0.3 is 15.4 Å². The summed E-state index contributed by atoms with van der Waals surface area (Å²) in [6.07, 6.45) is 0.0731. The van der Waals surface area contributed by atoms with E-state index in [0.717, 1.165) is 16.1 Å². The van der Waals surface area contributed by atoms with Gasteiger partial charge in [0.15, 0.2) is 5.75 Å². The summed E-state index contributed by atoms with van der Waals surface area (Å²) < 4.78 is 5.92. The Balaban J connectivity index is 1.44. The Hall–Kier alpha value is -3.25. The van der Waals surface area contributed by atoms with Crippen molar-refractivity contribution in [1.82, 2.24) is 0 Å². The molecule has 0 bridgehead atoms. The van der Waals surface area contributed by atoms with Gasteiger partial charge in [-0.3, -0.25) is 9.59 Å². The molecular formula is C23H20N2O3S. The predicted octanol–water partition coefficient (Wildman–Crippen LogP) is 5.23. The Kier molecular flexibility index (Phi) is 5.53. The molecule has 0 aliphatic carbocycles. The van der Waals surface area contributed by atoms with E-state index in [0.29, 0.717) is 17.2 Å². The summed E-state index contributed by atoms with van der Waals surface area (Å²) in [4.78, 5) is 25.9. The molecular weight excluding hydrogens is 384 g/mol. The van der Waals surface area contributed by atoms with Gasteiger partial charge in [-0.05, 0) is 43.3 Å². The van der Waals surface area contributed by atoms with E-state index < -0.39 is 5.25 Å². The molecule has 3 aromatic carbocycles. The molecule has 4 rings (SSSR count). The Labute approximate surface area is 173 Å². The summed E-state index contributed by atoms with van der Waals surface area (Å²) in [5.74, 6) is 0.844. The third-order valence-corrected chi connectivity index (χ3v) is 5.76. The maximum atomic E-state index is 12.6. The lowest BCUT2D eigenvalue weighted by Gasteiger charge is -2.23. The first-order valence-electron chi connectivity index (χ1n) is 9.28. The summed E-state index contributed by atoms with van der Waals surface area (Å²) >= 11 is 1.41. The van der Waals surface area contributed by atoms with Crippen LogP contribution in [-0.2, 0) is 9.59 Å². The van der Waals surface area contributed by atoms with Crippen molar-refractivity contribution in [3.05, 3.63) is 78.4 Å². The Morgan fingerprint density at radius 1 is 1.03 bits per heavy atom. The number of rotatable bonds is 5. The van der Waals surface area contributed by atoms with E-state index >= 15 is 0 Å². The fourth-order valence-corrected chi connectivity index (χ4v) is 4.10. The SMILES string of the molecule is Cc1ccc(Oc2ccccc2NC(=O)CC2Sc3ccccc3NC2=O)cc1. The fourth-order valence-electron chi connectivity index (χ4n) is 2.99. The number of aryl methyl sites for hydroxylation is 1. The van der Waals surface area contributed by atoms with Crippen LogP contribution >= 0.6 is 11.8 Å². The first-order chi connectivity index (χ1) is 14.1. The predicted molar refractivity (Wildman–Crippen MR) is 116 cm³/mol. The van der Waals surface area contributed by atoms with Gasteiger partial charge in [0.2, 0.25) is 11.8 Å². The highest BCUT2D eigenvalue weighted by molar-refractivity contribution is 8.01. The highest BCUT2D eigenvalue weighted by Gasteiger charge is 2.29. The Bertz CT molecular complexity index is 1050. The monoisotopic (exact) mass is 404 g/mol. The smallest absolute Gasteiger partial charge is 0.238 e. The molecule has 1 heterocycles. The normalized spacial score (nSPS) is 15.2. The zero-order chi connectivity index (χ0) is 20.2. The molecule has 29 heavy (non-hydrogen) atoms. The van der Waals surface area contributed by atoms with Crippen molar-refractivity contribution in [3.8, 4) is 11.5 Å². The number of carbonyl (C=O) groups is 2. The molecule has 0 saturated carbocycles. The van der Waals surface area contributed by atoms with E-state index in [4.69, 9.17) is 4.74 Å². The number of hydrogen-bond acceptors (Lipinski definition) is 4. The van der Waals surface area contributed by atoms with E-state index in [2.05, 4.69) is 10.6 Å². The number of para-hydroxylation sites is 3. The zero-order valence-electron chi connectivity index (χ0n) is 15.8. The lowest BCUT2D eigenvalue weighted by atomic mass is 10.2. The molecule has 0 aromatic heterocycles. The van der Waals surface area contributed by atoms with Gasteiger partial charge in [-0.15, -0.1) is 11.8 Å². The molecule has 0 saturated heterocycles. The molecule has 5 nitrogen and oxygen atoms in total. The van der Waals surface area contributed by atoms with Crippen LogP contribution in [0, 0.1) is 6.92 Å². The van der Waals surface area contributed by atoms with E-state index in [1.165, 1.54) is 11.8 Å². The number of ether oxygens (including phenoxy) is 1. The molecule has 0 radical (unpaired) electrons. The number of carbonyl (C=O) groups excluding carboxylic acids is 2. The van der Waals surface area contributed by atoms with Crippen molar-refractivity contribution in [2.45, 2.75) is 23.5 Å². The van der Waals surface area contributed by atoms with Crippen LogP contribution in [0.15, 0.2) is 77.7 Å². The molecule has 1 atom stereocenters. The van der Waals surface area contributed by atoms with E-state index in [-0.39, 0.29) is 18.2 Å². The fraction of sp³-hybridized carbons (Fsp3) is 0.130. The van der Waals surface area contributed by atoms with Crippen LogP contribution in [0.4, 0.5) is 11.4 Å². The summed E-state index contributed by atoms with van der Waals surface area (Å²) in [5, 5.41) is 5.26. The van der Waals surface area contributed by atoms with E-state index in [1.54, 1.807) is 12.1 Å². The van der Waals surface area contributed by atoms with Crippen molar-refractivity contribution < 1.29 is 14.3 Å². The van der Waals surface area contributed by atoms with Gasteiger partial charge in [-0.25, -0.2) is 0 Å². The second kappa shape index (κ2) is 8.41. The first-order valence-corrected chi connectivity index (χ1v) is 10.2. The third kappa shape index (κ3) is 4.60. The van der Waals surface area contributed by atoms with E-state index in [1.807, 2.05) is 67.6 Å². The summed E-state index contributed by atoms with van der Waals surface area (Å²) in [6.45, 7) is 2.01. The molecule has 1 aliphatic rings. The van der Waals surface area contributed by atoms with Crippen LogP contribution in [0.2, 0.25) is 0 Å². The minimum atomic E-state index is -0.477. The van der Waals surface area contributed by atoms with Crippen molar-refractivity contribution >= 4 is 35.0 Å². The molecule has 6 heteroatoms. The number of benzene rings is 3. The summed E-state index contributed by atoms with van der Waals surface area (Å²) in [6, 6.07) is 22.5. The highest BCUT2D eigenvalue weighted by atomic mass is 32.2. The summed E-state index contributed by atoms with van der Waals surface area (Å²) in [7, 11) is 0. The van der Waals surface area contributed by atoms with Crippen LogP contribution in [0.1, 0.15) is 12.0 Å². The molecule has 1 unspecified atom stereocenters. The molecule has 0 fully saturated rings. The lowest BCUT2D eigenvalue weighted by Crippen LogP contribution is -2.32. The van der Waals surface area contributed by atoms with Gasteiger partial charge in [-0.1, -0.05) is 42.0 Å². The lowest BCUT2D eigenvalue weighted by molar-refractivity contribution is -0.120. The molecule has 2 N–H and O–H groups in total. The molecule has 2 amide bonds. The quantitative estimate of drug-likeness (QED) is 0.611. The molecule has 146 valence electrons. The number of hydrogen-bond donors (Lipinski definition) is 2. The van der Waals surface area contributed by atoms with Gasteiger partial charge >= 0.3 is 0 Å². The second-order valence-electron chi connectivity index (χ2n) is 6.76. The third-order valence-electron chi connectivity index (χ3n) is 4.49. The number of nitrogens with one attached hydrogen (secondary N) is 2. The van der Waals surface area contributed by atoms with Gasteiger partial charge in [0.25, 0.3) is 0 Å². The molecule has 0 spiro atoms. The van der Waals surface area contributed by atoms with Crippen LogP contribution in [0.5, 0.6) is 11.5 Å². The second-order valence-corrected chi connectivity index (χ2v) is 8.00. The Morgan fingerprint density at radius 2 is 1.76 bits per heavy atom. The van der Waals surface area contributed by atoms with Crippen LogP contribution in [0.25, 0.3) is 0 Å². The van der Waals surface area contributed by atoms with Crippen molar-refractivity contribution in [2.75, 3.05) is 10.6 Å². The average molecular weight is 404 g/mol. The maximum Gasteiger partial charge on any atom is 0.238 e. The number of fused-ring (bicyclic) bond motifs is 1. The van der Waals surface area contributed by atoms with E-state index in [9.17, 15) is 9.59 Å². The first kappa shape index (κ1) is 19.1. The number of anilines is 2. The van der Waals surface area contributed by atoms with Crippen molar-refractivity contribution in [1.29, 1.82) is 0 Å². The highest BCUT2D eigenvalue weighted by Crippen LogP contribution is 2.37. The van der Waals surface area contributed by atoms with Crippen LogP contribution in [0.3, 0.4) is 0 Å². The van der Waals surface area contributed by atoms with Crippen molar-refractivity contribution in [3.63, 3.8) is 0 Å². The standard InChI is InChI=1S/C23H20N2O3S/c1-15-10-12-16(13-11-15)28-19-8-4-2-6-17(19)24-22(26)14-21-23(27)25-18-7-3-5-9-20(18)29-21/h2-13,21H,14H2,1H3,(H,24,26)(H,25,27). The number of thioether (sulfide) groups is 1. The van der Waals surface area contributed by atoms with Gasteiger partial charge in [0, 0.05) is 11.3 Å². The average Bonchev–Trinajstić information content (AvgIpc) is 2.72. The summed E-state index contributed by atoms with van der Waals surface area (Å²) in [5.41, 5.74) is 2.50.